The number of ether oxygens (including phenoxy) is 4. The zero-order valence-electron chi connectivity index (χ0n) is 22.0. The lowest BCUT2D eigenvalue weighted by atomic mass is 10.0. The van der Waals surface area contributed by atoms with Crippen LogP contribution in [0.2, 0.25) is 0 Å². The Bertz CT molecular complexity index is 1280. The first kappa shape index (κ1) is 27.0. The van der Waals surface area contributed by atoms with Gasteiger partial charge in [-0.2, -0.15) is 4.98 Å². The van der Waals surface area contributed by atoms with E-state index in [-0.39, 0.29) is 37.2 Å². The Morgan fingerprint density at radius 3 is 2.73 bits per heavy atom. The molecule has 1 saturated heterocycles. The molecule has 10 heteroatoms. The van der Waals surface area contributed by atoms with E-state index in [4.69, 9.17) is 18.9 Å². The minimum Gasteiger partial charge on any atom is -0.462 e. The van der Waals surface area contributed by atoms with E-state index in [0.29, 0.717) is 38.3 Å². The number of aromatic nitrogens is 4. The first-order valence-electron chi connectivity index (χ1n) is 12.9. The average molecular weight is 514 g/mol. The molecule has 1 unspecified atom stereocenters. The van der Waals surface area contributed by atoms with Crippen molar-refractivity contribution in [3.8, 4) is 6.01 Å². The van der Waals surface area contributed by atoms with Crippen LogP contribution >= 0.6 is 0 Å². The summed E-state index contributed by atoms with van der Waals surface area (Å²) in [6, 6.07) is 0.267. The van der Waals surface area contributed by atoms with Gasteiger partial charge in [0.2, 0.25) is 0 Å². The Morgan fingerprint density at radius 1 is 1.19 bits per heavy atom. The Morgan fingerprint density at radius 2 is 2.03 bits per heavy atom. The highest BCUT2D eigenvalue weighted by Gasteiger charge is 2.23. The van der Waals surface area contributed by atoms with Crippen molar-refractivity contribution < 1.29 is 18.9 Å². The summed E-state index contributed by atoms with van der Waals surface area (Å²) in [5, 5.41) is 0. The summed E-state index contributed by atoms with van der Waals surface area (Å²) >= 11 is 0. The average Bonchev–Trinajstić information content (AvgIpc) is 3.25. The molecule has 3 heterocycles. The molecule has 200 valence electrons. The number of hydrogen-bond acceptors (Lipinski definition) is 7. The topological polar surface area (TPSA) is 98.7 Å². The molecule has 2 aliphatic rings. The molecular formula is C27H37N4O6+. The van der Waals surface area contributed by atoms with Crippen molar-refractivity contribution in [1.82, 2.24) is 18.7 Å². The Kier molecular flexibility index (Phi) is 9.07. The van der Waals surface area contributed by atoms with Crippen LogP contribution in [0.3, 0.4) is 0 Å². The lowest BCUT2D eigenvalue weighted by Crippen LogP contribution is -2.40. The van der Waals surface area contributed by atoms with Crippen molar-refractivity contribution >= 4 is 11.2 Å². The molecule has 1 aliphatic heterocycles. The van der Waals surface area contributed by atoms with Crippen LogP contribution in [0, 0.1) is 6.42 Å². The van der Waals surface area contributed by atoms with Crippen LogP contribution in [-0.2, 0) is 34.3 Å². The molecule has 37 heavy (non-hydrogen) atoms. The number of allylic oxidation sites excluding steroid dienone is 5. The summed E-state index contributed by atoms with van der Waals surface area (Å²) < 4.78 is 27.3. The van der Waals surface area contributed by atoms with Gasteiger partial charge in [0.05, 0.1) is 31.4 Å². The fraction of sp³-hybridized carbons (Fsp3) is 0.556. The molecule has 2 aromatic rings. The number of aryl methyl sites for hydroxylation is 1. The number of imidazole rings is 1. The molecule has 0 bridgehead atoms. The first-order valence-corrected chi connectivity index (χ1v) is 12.9. The van der Waals surface area contributed by atoms with Crippen LogP contribution in [0.25, 0.3) is 11.2 Å². The fourth-order valence-corrected chi connectivity index (χ4v) is 4.33. The lowest BCUT2D eigenvalue weighted by molar-refractivity contribution is -0.163. The molecule has 0 radical (unpaired) electrons. The van der Waals surface area contributed by atoms with E-state index in [1.54, 1.807) is 11.6 Å². The second-order valence-electron chi connectivity index (χ2n) is 9.56. The fourth-order valence-electron chi connectivity index (χ4n) is 4.33. The molecular weight excluding hydrogens is 476 g/mol. The highest BCUT2D eigenvalue weighted by atomic mass is 16.7. The molecule has 0 amide bonds. The maximum Gasteiger partial charge on any atom is 0.332 e. The SMILES string of the molecule is C=C1C=CC(Cn2c(OCCOC(C)C)nc3c2c(=O)n(CCCOC2CCCCO2)c(=O)n3C)=C[CH+]1. The maximum absolute atomic E-state index is 13.6. The Labute approximate surface area is 216 Å². The zero-order chi connectivity index (χ0) is 26.4. The first-order chi connectivity index (χ1) is 17.8. The van der Waals surface area contributed by atoms with E-state index in [9.17, 15) is 9.59 Å². The molecule has 4 rings (SSSR count). The van der Waals surface area contributed by atoms with Gasteiger partial charge in [-0.05, 0) is 46.1 Å². The van der Waals surface area contributed by atoms with Gasteiger partial charge in [-0.25, -0.2) is 4.79 Å². The maximum atomic E-state index is 13.6. The van der Waals surface area contributed by atoms with E-state index in [1.165, 1.54) is 9.13 Å². The normalized spacial score (nSPS) is 17.9. The van der Waals surface area contributed by atoms with Crippen molar-refractivity contribution in [2.45, 2.75) is 65.0 Å². The molecule has 10 nitrogen and oxygen atoms in total. The van der Waals surface area contributed by atoms with Crippen LogP contribution in [0.15, 0.2) is 45.5 Å². The van der Waals surface area contributed by atoms with Gasteiger partial charge in [0.1, 0.15) is 6.61 Å². The van der Waals surface area contributed by atoms with Gasteiger partial charge in [-0.15, -0.1) is 0 Å². The summed E-state index contributed by atoms with van der Waals surface area (Å²) in [5.41, 5.74) is 1.63. The van der Waals surface area contributed by atoms with Crippen molar-refractivity contribution in [3.63, 3.8) is 0 Å². The molecule has 0 saturated carbocycles. The second-order valence-corrected chi connectivity index (χ2v) is 9.56. The standard InChI is InChI=1S/C27H37N4O6/c1-19(2)34-16-17-37-26-28-24-23(31(26)18-21-11-9-20(3)10-12-21)25(32)30(27(33)29(24)4)13-7-15-36-22-8-5-6-14-35-22/h9-12,19,22H,3,5-8,13-18H2,1-2,4H3/q+1. The molecule has 0 aromatic carbocycles. The highest BCUT2D eigenvalue weighted by molar-refractivity contribution is 5.72. The molecule has 0 spiro atoms. The van der Waals surface area contributed by atoms with Crippen molar-refractivity contribution in [3.05, 3.63) is 63.2 Å². The summed E-state index contributed by atoms with van der Waals surface area (Å²) in [7, 11) is 1.62. The van der Waals surface area contributed by atoms with Gasteiger partial charge in [0, 0.05) is 50.4 Å². The number of nitrogens with zero attached hydrogens (tertiary/aromatic N) is 4. The van der Waals surface area contributed by atoms with Crippen molar-refractivity contribution in [2.24, 2.45) is 7.05 Å². The third kappa shape index (κ3) is 6.63. The van der Waals surface area contributed by atoms with Gasteiger partial charge >= 0.3 is 5.69 Å². The third-order valence-electron chi connectivity index (χ3n) is 6.29. The van der Waals surface area contributed by atoms with Crippen LogP contribution in [0.4, 0.5) is 0 Å². The molecule has 1 fully saturated rings. The minimum atomic E-state index is -0.424. The number of hydrogen-bond donors (Lipinski definition) is 0. The van der Waals surface area contributed by atoms with Crippen LogP contribution in [-0.4, -0.2) is 57.5 Å². The number of rotatable bonds is 12. The van der Waals surface area contributed by atoms with E-state index in [0.717, 1.165) is 30.4 Å². The molecule has 0 N–H and O–H groups in total. The van der Waals surface area contributed by atoms with Gasteiger partial charge in [0.15, 0.2) is 17.5 Å². The van der Waals surface area contributed by atoms with Crippen LogP contribution < -0.4 is 16.0 Å². The lowest BCUT2D eigenvalue weighted by Gasteiger charge is -2.22. The molecule has 2 aromatic heterocycles. The monoisotopic (exact) mass is 513 g/mol. The predicted molar refractivity (Wildman–Crippen MR) is 141 cm³/mol. The van der Waals surface area contributed by atoms with Crippen molar-refractivity contribution in [1.29, 1.82) is 0 Å². The summed E-state index contributed by atoms with van der Waals surface area (Å²) in [4.78, 5) is 31.3. The third-order valence-corrected chi connectivity index (χ3v) is 6.29. The quantitative estimate of drug-likeness (QED) is 0.318. The summed E-state index contributed by atoms with van der Waals surface area (Å²) in [6.45, 7) is 10.2. The Balaban J connectivity index is 1.61. The van der Waals surface area contributed by atoms with E-state index in [2.05, 4.69) is 11.6 Å². The smallest absolute Gasteiger partial charge is 0.332 e. The van der Waals surface area contributed by atoms with Gasteiger partial charge in [-0.1, -0.05) is 0 Å². The molecule has 1 aliphatic carbocycles. The predicted octanol–water partition coefficient (Wildman–Crippen LogP) is 2.89. The van der Waals surface area contributed by atoms with Crippen LogP contribution in [0.5, 0.6) is 6.01 Å². The summed E-state index contributed by atoms with van der Waals surface area (Å²) in [5.74, 6) is 0. The van der Waals surface area contributed by atoms with E-state index in [1.807, 2.05) is 38.5 Å². The zero-order valence-corrected chi connectivity index (χ0v) is 22.0. The van der Waals surface area contributed by atoms with Crippen molar-refractivity contribution in [2.75, 3.05) is 26.4 Å². The van der Waals surface area contributed by atoms with E-state index >= 15 is 0 Å². The minimum absolute atomic E-state index is 0.0743. The second kappa shape index (κ2) is 12.4. The van der Waals surface area contributed by atoms with Gasteiger partial charge in [0.25, 0.3) is 11.6 Å². The largest absolute Gasteiger partial charge is 0.462 e. The number of fused-ring (bicyclic) bond motifs is 1. The molecule has 1 atom stereocenters. The Hall–Kier alpha value is -3.08. The van der Waals surface area contributed by atoms with Gasteiger partial charge in [-0.3, -0.25) is 18.5 Å². The van der Waals surface area contributed by atoms with Crippen LogP contribution in [0.1, 0.15) is 39.5 Å². The summed E-state index contributed by atoms with van der Waals surface area (Å²) in [6.07, 6.45) is 11.1. The van der Waals surface area contributed by atoms with Gasteiger partial charge < -0.3 is 18.9 Å². The highest BCUT2D eigenvalue weighted by Crippen LogP contribution is 2.22. The van der Waals surface area contributed by atoms with E-state index < -0.39 is 11.2 Å².